The number of benzene rings is 1. The summed E-state index contributed by atoms with van der Waals surface area (Å²) in [4.78, 5) is 25.1. The van der Waals surface area contributed by atoms with Gasteiger partial charge in [-0.05, 0) is 24.1 Å². The summed E-state index contributed by atoms with van der Waals surface area (Å²) in [7, 11) is 1.54. The van der Waals surface area contributed by atoms with Gasteiger partial charge in [0.2, 0.25) is 5.91 Å². The highest BCUT2D eigenvalue weighted by Gasteiger charge is 2.36. The highest BCUT2D eigenvalue weighted by molar-refractivity contribution is 6.30. The number of hydrogen-bond acceptors (Lipinski definition) is 3. The van der Waals surface area contributed by atoms with Crippen molar-refractivity contribution in [2.24, 2.45) is 11.8 Å². The van der Waals surface area contributed by atoms with Crippen molar-refractivity contribution >= 4 is 23.5 Å². The number of carboxylic acid groups (broad SMARTS) is 1. The number of amides is 1. The number of aliphatic carboxylic acids is 1. The predicted octanol–water partition coefficient (Wildman–Crippen LogP) is 2.07. The Labute approximate surface area is 128 Å². The van der Waals surface area contributed by atoms with E-state index in [2.05, 4.69) is 0 Å². The molecule has 1 N–H and O–H groups in total. The SMILES string of the molecule is COc1ccc(Cl)cc1CC(=O)N1CC(C)C(C(=O)O)C1. The first-order chi connectivity index (χ1) is 9.92. The quantitative estimate of drug-likeness (QED) is 0.924. The van der Waals surface area contributed by atoms with Gasteiger partial charge >= 0.3 is 5.97 Å². The maximum atomic E-state index is 12.3. The molecular formula is C15H18ClNO4. The van der Waals surface area contributed by atoms with Gasteiger partial charge in [-0.3, -0.25) is 9.59 Å². The maximum absolute atomic E-state index is 12.3. The molecule has 6 heteroatoms. The van der Waals surface area contributed by atoms with E-state index in [0.717, 1.165) is 0 Å². The molecule has 0 saturated carbocycles. The molecule has 5 nitrogen and oxygen atoms in total. The van der Waals surface area contributed by atoms with Gasteiger partial charge in [0, 0.05) is 23.7 Å². The van der Waals surface area contributed by atoms with Crippen molar-refractivity contribution < 1.29 is 19.4 Å². The van der Waals surface area contributed by atoms with Gasteiger partial charge in [-0.1, -0.05) is 18.5 Å². The summed E-state index contributed by atoms with van der Waals surface area (Å²) in [6.45, 7) is 2.59. The van der Waals surface area contributed by atoms with Gasteiger partial charge in [-0.2, -0.15) is 0 Å². The first-order valence-electron chi connectivity index (χ1n) is 6.75. The summed E-state index contributed by atoms with van der Waals surface area (Å²) < 4.78 is 5.22. The average molecular weight is 312 g/mol. The Bertz CT molecular complexity index is 561. The number of ether oxygens (including phenoxy) is 1. The molecule has 1 fully saturated rings. The van der Waals surface area contributed by atoms with E-state index in [4.69, 9.17) is 21.4 Å². The molecular weight excluding hydrogens is 294 g/mol. The van der Waals surface area contributed by atoms with E-state index in [1.165, 1.54) is 7.11 Å². The van der Waals surface area contributed by atoms with E-state index >= 15 is 0 Å². The van der Waals surface area contributed by atoms with E-state index in [1.807, 2.05) is 6.92 Å². The number of carbonyl (C=O) groups excluding carboxylic acids is 1. The third-order valence-corrected chi connectivity index (χ3v) is 4.10. The monoisotopic (exact) mass is 311 g/mol. The number of halogens is 1. The van der Waals surface area contributed by atoms with Crippen LogP contribution in [0.1, 0.15) is 12.5 Å². The van der Waals surface area contributed by atoms with Crippen LogP contribution in [0.2, 0.25) is 5.02 Å². The maximum Gasteiger partial charge on any atom is 0.308 e. The molecule has 0 spiro atoms. The molecule has 1 aliphatic rings. The van der Waals surface area contributed by atoms with Crippen molar-refractivity contribution in [1.29, 1.82) is 0 Å². The number of hydrogen-bond donors (Lipinski definition) is 1. The van der Waals surface area contributed by atoms with Crippen LogP contribution in [0.5, 0.6) is 5.75 Å². The zero-order chi connectivity index (χ0) is 15.6. The Balaban J connectivity index is 2.09. The lowest BCUT2D eigenvalue weighted by Crippen LogP contribution is -2.31. The highest BCUT2D eigenvalue weighted by atomic mass is 35.5. The lowest BCUT2D eigenvalue weighted by Gasteiger charge is -2.17. The van der Waals surface area contributed by atoms with Crippen LogP contribution >= 0.6 is 11.6 Å². The second-order valence-corrected chi connectivity index (χ2v) is 5.79. The zero-order valence-electron chi connectivity index (χ0n) is 12.0. The summed E-state index contributed by atoms with van der Waals surface area (Å²) in [6.07, 6.45) is 0.156. The Kier molecular flexibility index (Phi) is 4.73. The lowest BCUT2D eigenvalue weighted by atomic mass is 9.99. The Hall–Kier alpha value is -1.75. The summed E-state index contributed by atoms with van der Waals surface area (Å²) in [6, 6.07) is 5.12. The van der Waals surface area contributed by atoms with Gasteiger partial charge in [-0.25, -0.2) is 0 Å². The fraction of sp³-hybridized carbons (Fsp3) is 0.467. The molecule has 1 aromatic rings. The van der Waals surface area contributed by atoms with Gasteiger partial charge < -0.3 is 14.7 Å². The first kappa shape index (κ1) is 15.6. The van der Waals surface area contributed by atoms with Crippen molar-refractivity contribution in [3.63, 3.8) is 0 Å². The molecule has 1 heterocycles. The summed E-state index contributed by atoms with van der Waals surface area (Å²) >= 11 is 5.95. The van der Waals surface area contributed by atoms with E-state index in [1.54, 1.807) is 23.1 Å². The van der Waals surface area contributed by atoms with Gasteiger partial charge in [-0.15, -0.1) is 0 Å². The predicted molar refractivity (Wildman–Crippen MR) is 78.6 cm³/mol. The largest absolute Gasteiger partial charge is 0.496 e. The number of likely N-dealkylation sites (tertiary alicyclic amines) is 1. The molecule has 2 unspecified atom stereocenters. The van der Waals surface area contributed by atoms with Crippen LogP contribution in [-0.2, 0) is 16.0 Å². The molecule has 1 saturated heterocycles. The summed E-state index contributed by atoms with van der Waals surface area (Å²) in [5, 5.41) is 9.65. The summed E-state index contributed by atoms with van der Waals surface area (Å²) in [5.74, 6) is -0.873. The van der Waals surface area contributed by atoms with Crippen LogP contribution in [0.25, 0.3) is 0 Å². The van der Waals surface area contributed by atoms with Crippen molar-refractivity contribution in [1.82, 2.24) is 4.90 Å². The van der Waals surface area contributed by atoms with Crippen LogP contribution < -0.4 is 4.74 Å². The highest BCUT2D eigenvalue weighted by Crippen LogP contribution is 2.27. The van der Waals surface area contributed by atoms with E-state index in [0.29, 0.717) is 22.9 Å². The summed E-state index contributed by atoms with van der Waals surface area (Å²) in [5.41, 5.74) is 0.710. The van der Waals surface area contributed by atoms with Gasteiger partial charge in [0.1, 0.15) is 5.75 Å². The van der Waals surface area contributed by atoms with Gasteiger partial charge in [0.05, 0.1) is 19.4 Å². The molecule has 0 aliphatic carbocycles. The number of nitrogens with zero attached hydrogens (tertiary/aromatic N) is 1. The Morgan fingerprint density at radius 1 is 1.43 bits per heavy atom. The number of methoxy groups -OCH3 is 1. The molecule has 2 rings (SSSR count). The van der Waals surface area contributed by atoms with Crippen molar-refractivity contribution in [3.8, 4) is 5.75 Å². The topological polar surface area (TPSA) is 66.8 Å². The van der Waals surface area contributed by atoms with Crippen LogP contribution in [0.15, 0.2) is 18.2 Å². The third-order valence-electron chi connectivity index (χ3n) is 3.87. The second kappa shape index (κ2) is 6.35. The minimum absolute atomic E-state index is 0.0345. The second-order valence-electron chi connectivity index (χ2n) is 5.35. The smallest absolute Gasteiger partial charge is 0.308 e. The molecule has 1 amide bonds. The van der Waals surface area contributed by atoms with Crippen LogP contribution in [0, 0.1) is 11.8 Å². The third kappa shape index (κ3) is 3.47. The molecule has 2 atom stereocenters. The number of carbonyl (C=O) groups is 2. The molecule has 0 aromatic heterocycles. The average Bonchev–Trinajstić information content (AvgIpc) is 2.81. The van der Waals surface area contributed by atoms with Crippen LogP contribution in [0.4, 0.5) is 0 Å². The van der Waals surface area contributed by atoms with Crippen LogP contribution in [0.3, 0.4) is 0 Å². The molecule has 0 radical (unpaired) electrons. The first-order valence-corrected chi connectivity index (χ1v) is 7.13. The fourth-order valence-electron chi connectivity index (χ4n) is 2.65. The number of rotatable bonds is 4. The lowest BCUT2D eigenvalue weighted by molar-refractivity contribution is -0.142. The Morgan fingerprint density at radius 3 is 2.71 bits per heavy atom. The minimum atomic E-state index is -0.849. The van der Waals surface area contributed by atoms with E-state index in [9.17, 15) is 9.59 Å². The standard InChI is InChI=1S/C15H18ClNO4/c1-9-7-17(8-12(9)15(19)20)14(18)6-10-5-11(16)3-4-13(10)21-2/h3-5,9,12H,6-8H2,1-2H3,(H,19,20). The molecule has 114 valence electrons. The van der Waals surface area contributed by atoms with Gasteiger partial charge in [0.15, 0.2) is 0 Å². The van der Waals surface area contributed by atoms with Crippen LogP contribution in [-0.4, -0.2) is 42.1 Å². The van der Waals surface area contributed by atoms with Crippen molar-refractivity contribution in [2.45, 2.75) is 13.3 Å². The van der Waals surface area contributed by atoms with Crippen molar-refractivity contribution in [3.05, 3.63) is 28.8 Å². The fourth-order valence-corrected chi connectivity index (χ4v) is 2.85. The van der Waals surface area contributed by atoms with E-state index in [-0.39, 0.29) is 24.8 Å². The zero-order valence-corrected chi connectivity index (χ0v) is 12.8. The number of carboxylic acids is 1. The van der Waals surface area contributed by atoms with Crippen molar-refractivity contribution in [2.75, 3.05) is 20.2 Å². The normalized spacial score (nSPS) is 21.4. The molecule has 0 bridgehead atoms. The Morgan fingerprint density at radius 2 is 2.14 bits per heavy atom. The molecule has 1 aliphatic heterocycles. The van der Waals surface area contributed by atoms with E-state index < -0.39 is 11.9 Å². The minimum Gasteiger partial charge on any atom is -0.496 e. The van der Waals surface area contributed by atoms with Gasteiger partial charge in [0.25, 0.3) is 0 Å². The molecule has 21 heavy (non-hydrogen) atoms. The molecule has 1 aromatic carbocycles.